The third kappa shape index (κ3) is 3.56. The number of hydrazine groups is 1. The predicted molar refractivity (Wildman–Crippen MR) is 80.4 cm³/mol. The SMILES string of the molecule is Cc1ccc(C(NN)c2cccc(OC(C)C)c2)s1. The van der Waals surface area contributed by atoms with Gasteiger partial charge in [-0.15, -0.1) is 11.3 Å². The van der Waals surface area contributed by atoms with Gasteiger partial charge in [-0.2, -0.15) is 0 Å². The van der Waals surface area contributed by atoms with Crippen LogP contribution < -0.4 is 16.0 Å². The lowest BCUT2D eigenvalue weighted by Gasteiger charge is -2.17. The summed E-state index contributed by atoms with van der Waals surface area (Å²) in [5.41, 5.74) is 4.00. The number of ether oxygens (including phenoxy) is 1. The standard InChI is InChI=1S/C15H20N2OS/c1-10(2)18-13-6-4-5-12(9-13)15(17-16)14-8-7-11(3)19-14/h4-10,15,17H,16H2,1-3H3. The van der Waals surface area contributed by atoms with Crippen LogP contribution in [0.2, 0.25) is 0 Å². The summed E-state index contributed by atoms with van der Waals surface area (Å²) >= 11 is 1.75. The molecule has 0 spiro atoms. The number of nitrogens with one attached hydrogen (secondary N) is 1. The maximum atomic E-state index is 5.73. The van der Waals surface area contributed by atoms with E-state index in [1.807, 2.05) is 32.0 Å². The topological polar surface area (TPSA) is 47.3 Å². The molecule has 1 aromatic heterocycles. The highest BCUT2D eigenvalue weighted by atomic mass is 32.1. The molecule has 0 amide bonds. The molecule has 0 radical (unpaired) electrons. The van der Waals surface area contributed by atoms with Crippen molar-refractivity contribution in [3.05, 3.63) is 51.7 Å². The Morgan fingerprint density at radius 3 is 2.58 bits per heavy atom. The van der Waals surface area contributed by atoms with Crippen molar-refractivity contribution in [3.63, 3.8) is 0 Å². The van der Waals surface area contributed by atoms with Gasteiger partial charge in [0.2, 0.25) is 0 Å². The molecule has 0 aliphatic rings. The van der Waals surface area contributed by atoms with Crippen molar-refractivity contribution in [1.82, 2.24) is 5.43 Å². The fourth-order valence-corrected chi connectivity index (χ4v) is 2.96. The molecule has 2 rings (SSSR count). The molecule has 0 saturated carbocycles. The Morgan fingerprint density at radius 1 is 1.21 bits per heavy atom. The summed E-state index contributed by atoms with van der Waals surface area (Å²) in [6.45, 7) is 6.14. The average molecular weight is 276 g/mol. The molecule has 3 nitrogen and oxygen atoms in total. The first-order chi connectivity index (χ1) is 9.10. The molecule has 3 N–H and O–H groups in total. The molecule has 4 heteroatoms. The van der Waals surface area contributed by atoms with Gasteiger partial charge in [0.05, 0.1) is 12.1 Å². The van der Waals surface area contributed by atoms with Crippen LogP contribution in [0.3, 0.4) is 0 Å². The minimum absolute atomic E-state index is 0.00872. The van der Waals surface area contributed by atoms with Crippen LogP contribution in [-0.2, 0) is 0 Å². The molecule has 1 heterocycles. The smallest absolute Gasteiger partial charge is 0.120 e. The van der Waals surface area contributed by atoms with Crippen LogP contribution in [0.15, 0.2) is 36.4 Å². The largest absolute Gasteiger partial charge is 0.491 e. The number of hydrogen-bond acceptors (Lipinski definition) is 4. The molecule has 0 aliphatic heterocycles. The zero-order valence-electron chi connectivity index (χ0n) is 11.5. The Bertz CT molecular complexity index is 536. The van der Waals surface area contributed by atoms with Crippen LogP contribution in [0, 0.1) is 6.92 Å². The molecule has 19 heavy (non-hydrogen) atoms. The van der Waals surface area contributed by atoms with Gasteiger partial charge in [0.1, 0.15) is 5.75 Å². The van der Waals surface area contributed by atoms with E-state index in [1.54, 1.807) is 11.3 Å². The van der Waals surface area contributed by atoms with E-state index in [0.717, 1.165) is 11.3 Å². The van der Waals surface area contributed by atoms with Gasteiger partial charge in [0.15, 0.2) is 0 Å². The minimum Gasteiger partial charge on any atom is -0.491 e. The number of hydrogen-bond donors (Lipinski definition) is 2. The van der Waals surface area contributed by atoms with E-state index in [4.69, 9.17) is 10.6 Å². The number of thiophene rings is 1. The second-order valence-electron chi connectivity index (χ2n) is 4.79. The summed E-state index contributed by atoms with van der Waals surface area (Å²) < 4.78 is 5.73. The van der Waals surface area contributed by atoms with Gasteiger partial charge in [-0.1, -0.05) is 12.1 Å². The van der Waals surface area contributed by atoms with Gasteiger partial charge < -0.3 is 4.74 Å². The number of benzene rings is 1. The van der Waals surface area contributed by atoms with Crippen LogP contribution in [-0.4, -0.2) is 6.10 Å². The first-order valence-corrected chi connectivity index (χ1v) is 7.21. The zero-order chi connectivity index (χ0) is 13.8. The van der Waals surface area contributed by atoms with Crippen molar-refractivity contribution < 1.29 is 4.74 Å². The maximum Gasteiger partial charge on any atom is 0.120 e. The van der Waals surface area contributed by atoms with E-state index in [-0.39, 0.29) is 12.1 Å². The van der Waals surface area contributed by atoms with Crippen LogP contribution in [0.1, 0.15) is 35.2 Å². The zero-order valence-corrected chi connectivity index (χ0v) is 12.3. The van der Waals surface area contributed by atoms with E-state index >= 15 is 0 Å². The Hall–Kier alpha value is -1.36. The fourth-order valence-electron chi connectivity index (χ4n) is 1.99. The van der Waals surface area contributed by atoms with Crippen LogP contribution in [0.5, 0.6) is 5.75 Å². The summed E-state index contributed by atoms with van der Waals surface area (Å²) in [6.07, 6.45) is 0.170. The average Bonchev–Trinajstić information content (AvgIpc) is 2.76. The molecular weight excluding hydrogens is 256 g/mol. The van der Waals surface area contributed by atoms with E-state index in [9.17, 15) is 0 Å². The summed E-state index contributed by atoms with van der Waals surface area (Å²) in [5, 5.41) is 0. The van der Waals surface area contributed by atoms with Crippen LogP contribution in [0.25, 0.3) is 0 Å². The highest BCUT2D eigenvalue weighted by Crippen LogP contribution is 2.29. The Balaban J connectivity index is 2.28. The number of nitrogens with two attached hydrogens (primary N) is 1. The third-order valence-corrected chi connectivity index (χ3v) is 3.84. The third-order valence-electron chi connectivity index (χ3n) is 2.78. The van der Waals surface area contributed by atoms with E-state index in [2.05, 4.69) is 30.5 Å². The molecule has 1 unspecified atom stereocenters. The Kier molecular flexibility index (Phi) is 4.58. The fraction of sp³-hybridized carbons (Fsp3) is 0.333. The minimum atomic E-state index is 0.00872. The maximum absolute atomic E-state index is 5.73. The number of rotatable bonds is 5. The van der Waals surface area contributed by atoms with E-state index < -0.39 is 0 Å². The summed E-state index contributed by atoms with van der Waals surface area (Å²) in [6, 6.07) is 12.3. The van der Waals surface area contributed by atoms with Gasteiger partial charge in [0, 0.05) is 9.75 Å². The summed E-state index contributed by atoms with van der Waals surface area (Å²) in [4.78, 5) is 2.49. The summed E-state index contributed by atoms with van der Waals surface area (Å²) in [5.74, 6) is 6.59. The monoisotopic (exact) mass is 276 g/mol. The molecule has 102 valence electrons. The Morgan fingerprint density at radius 2 is 2.00 bits per heavy atom. The van der Waals surface area contributed by atoms with E-state index in [1.165, 1.54) is 9.75 Å². The van der Waals surface area contributed by atoms with E-state index in [0.29, 0.717) is 0 Å². The van der Waals surface area contributed by atoms with Gasteiger partial charge in [-0.25, -0.2) is 5.43 Å². The first kappa shape index (κ1) is 14.1. The lowest BCUT2D eigenvalue weighted by molar-refractivity contribution is 0.242. The van der Waals surface area contributed by atoms with Gasteiger partial charge in [-0.05, 0) is 50.6 Å². The lowest BCUT2D eigenvalue weighted by atomic mass is 10.1. The highest BCUT2D eigenvalue weighted by Gasteiger charge is 2.15. The van der Waals surface area contributed by atoms with Gasteiger partial charge in [-0.3, -0.25) is 5.84 Å². The van der Waals surface area contributed by atoms with Crippen molar-refractivity contribution >= 4 is 11.3 Å². The number of aryl methyl sites for hydroxylation is 1. The van der Waals surface area contributed by atoms with Crippen LogP contribution >= 0.6 is 11.3 Å². The van der Waals surface area contributed by atoms with Crippen LogP contribution in [0.4, 0.5) is 0 Å². The van der Waals surface area contributed by atoms with Gasteiger partial charge >= 0.3 is 0 Å². The van der Waals surface area contributed by atoms with Crippen molar-refractivity contribution in [3.8, 4) is 5.75 Å². The quantitative estimate of drug-likeness (QED) is 0.650. The van der Waals surface area contributed by atoms with Crippen molar-refractivity contribution in [2.24, 2.45) is 5.84 Å². The molecule has 1 aromatic carbocycles. The molecule has 0 bridgehead atoms. The first-order valence-electron chi connectivity index (χ1n) is 6.39. The molecule has 0 aliphatic carbocycles. The highest BCUT2D eigenvalue weighted by molar-refractivity contribution is 7.12. The molecular formula is C15H20N2OS. The molecule has 0 saturated heterocycles. The second-order valence-corrected chi connectivity index (χ2v) is 6.11. The lowest BCUT2D eigenvalue weighted by Crippen LogP contribution is -2.28. The van der Waals surface area contributed by atoms with Crippen molar-refractivity contribution in [2.75, 3.05) is 0 Å². The van der Waals surface area contributed by atoms with Crippen molar-refractivity contribution in [2.45, 2.75) is 32.9 Å². The van der Waals surface area contributed by atoms with Crippen molar-refractivity contribution in [1.29, 1.82) is 0 Å². The second kappa shape index (κ2) is 6.19. The van der Waals surface area contributed by atoms with Gasteiger partial charge in [0.25, 0.3) is 0 Å². The predicted octanol–water partition coefficient (Wildman–Crippen LogP) is 3.40. The molecule has 0 fully saturated rings. The summed E-state index contributed by atoms with van der Waals surface area (Å²) in [7, 11) is 0. The molecule has 1 atom stereocenters. The normalized spacial score (nSPS) is 12.7. The Labute approximate surface area is 118 Å². The molecule has 2 aromatic rings.